The second-order valence-corrected chi connectivity index (χ2v) is 31.0. The van der Waals surface area contributed by atoms with E-state index in [1.54, 1.807) is 0 Å². The number of carboxylic acids is 1. The molecule has 0 aliphatic carbocycles. The molecule has 0 bridgehead atoms. The van der Waals surface area contributed by atoms with Gasteiger partial charge in [-0.3, -0.25) is 9.59 Å². The molecule has 105 heavy (non-hydrogen) atoms. The van der Waals surface area contributed by atoms with Crippen LogP contribution in [0, 0.1) is 0 Å². The van der Waals surface area contributed by atoms with Crippen LogP contribution in [0.5, 0.6) is 0 Å². The van der Waals surface area contributed by atoms with Gasteiger partial charge in [0.1, 0.15) is 67.1 Å². The van der Waals surface area contributed by atoms with Gasteiger partial charge in [0.05, 0.1) is 50.7 Å². The first-order valence-corrected chi connectivity index (χ1v) is 42.5. The number of unbranched alkanes of at least 4 members (excludes halogenated alkanes) is 46. The number of ether oxygens (including phenoxy) is 6. The van der Waals surface area contributed by atoms with Gasteiger partial charge in [-0.15, -0.1) is 0 Å². The highest BCUT2D eigenvalue weighted by atomic mass is 16.8. The summed E-state index contributed by atoms with van der Waals surface area (Å²) in [4.78, 5) is 38.8. The predicted molar refractivity (Wildman–Crippen MR) is 408 cm³/mol. The summed E-state index contributed by atoms with van der Waals surface area (Å²) in [6.07, 6.45) is 37.7. The summed E-state index contributed by atoms with van der Waals surface area (Å²) in [5, 5.41) is 137. The molecule has 23 nitrogen and oxygen atoms in total. The molecule has 18 unspecified atom stereocenters. The summed E-state index contributed by atoms with van der Waals surface area (Å²) in [7, 11) is 0. The lowest BCUT2D eigenvalue weighted by atomic mass is 9.88. The van der Waals surface area contributed by atoms with Crippen LogP contribution in [0.2, 0.25) is 0 Å². The second-order valence-electron chi connectivity index (χ2n) is 31.0. The predicted octanol–water partition coefficient (Wildman–Crippen LogP) is 12.1. The monoisotopic (exact) mass is 1500 g/mol. The maximum Gasteiger partial charge on any atom is 0.364 e. The number of carboxylic acid groups (broad SMARTS) is 1. The Hall–Kier alpha value is -2.53. The summed E-state index contributed by atoms with van der Waals surface area (Å²) in [6, 6.07) is -2.53. The number of carbonyl (C=O) groups excluding carboxylic acids is 2. The van der Waals surface area contributed by atoms with Crippen LogP contribution < -0.4 is 10.6 Å². The third-order valence-corrected chi connectivity index (χ3v) is 21.7. The van der Waals surface area contributed by atoms with E-state index >= 15 is 0 Å². The number of nitrogens with one attached hydrogen (secondary N) is 2. The molecule has 3 fully saturated rings. The Morgan fingerprint density at radius 1 is 0.486 bits per heavy atom. The van der Waals surface area contributed by atoms with E-state index in [0.29, 0.717) is 19.3 Å². The number of hydrogen-bond donors (Lipinski definition) is 14. The van der Waals surface area contributed by atoms with Crippen molar-refractivity contribution in [3.05, 3.63) is 12.2 Å². The van der Waals surface area contributed by atoms with Crippen LogP contribution in [0.4, 0.5) is 0 Å². The molecular formula is C82H154N2O21. The van der Waals surface area contributed by atoms with Crippen LogP contribution in [-0.2, 0) is 42.8 Å². The molecule has 3 rings (SSSR count). The maximum absolute atomic E-state index is 13.6. The lowest BCUT2D eigenvalue weighted by molar-refractivity contribution is -0.386. The maximum atomic E-state index is 13.6. The molecule has 618 valence electrons. The van der Waals surface area contributed by atoms with E-state index in [4.69, 9.17) is 28.4 Å². The standard InChI is InChI=1S/C82H154N2O21/c1-4-6-8-10-12-14-16-18-20-22-24-26-28-30-31-32-34-36-38-40-42-44-46-48-50-52-54-56-69(92)84-63(64(89)55-53-51-49-47-45-43-41-39-37-35-33-29-27-25-23-21-19-17-15-13-11-9-7-5-2)61-100-79-74(96)73(95)76(68(60-87)102-79)103-80-75(97)78(72(94)67(59-86)101-80)105-82(81(98)99)57-65(90)70(83-62(3)88)77(104-82)71(93)66(91)58-85/h30-31,63-68,70-80,85-87,89-91,93-97H,4-29,32-61H2,1-3H3,(H,83,88)(H,84,92)(H,98,99)/b31-30-. The lowest BCUT2D eigenvalue weighted by Gasteiger charge is -2.50. The zero-order chi connectivity index (χ0) is 76.7. The smallest absolute Gasteiger partial charge is 0.364 e. The molecule has 0 radical (unpaired) electrons. The minimum atomic E-state index is -3.08. The first kappa shape index (κ1) is 96.7. The Bertz CT molecular complexity index is 2140. The number of aliphatic carboxylic acids is 1. The molecular weight excluding hydrogens is 1350 g/mol. The summed E-state index contributed by atoms with van der Waals surface area (Å²) >= 11 is 0. The van der Waals surface area contributed by atoms with Crippen LogP contribution in [0.3, 0.4) is 0 Å². The van der Waals surface area contributed by atoms with Gasteiger partial charge < -0.3 is 100 Å². The third kappa shape index (κ3) is 41.0. The van der Waals surface area contributed by atoms with E-state index in [0.717, 1.165) is 58.3 Å². The fourth-order valence-electron chi connectivity index (χ4n) is 15.0. The normalized spacial score (nSPS) is 26.2. The Morgan fingerprint density at radius 3 is 1.29 bits per heavy atom. The minimum Gasteiger partial charge on any atom is -0.477 e. The van der Waals surface area contributed by atoms with E-state index in [9.17, 15) is 75.7 Å². The molecule has 18 atom stereocenters. The quantitative estimate of drug-likeness (QED) is 0.0199. The van der Waals surface area contributed by atoms with Crippen molar-refractivity contribution in [3.8, 4) is 0 Å². The van der Waals surface area contributed by atoms with Crippen molar-refractivity contribution in [3.63, 3.8) is 0 Å². The number of aliphatic hydroxyl groups is 11. The number of aliphatic hydroxyl groups excluding tert-OH is 11. The van der Waals surface area contributed by atoms with Crippen LogP contribution in [0.1, 0.15) is 355 Å². The van der Waals surface area contributed by atoms with Crippen LogP contribution in [0.25, 0.3) is 0 Å². The Labute approximate surface area is 632 Å². The molecule has 0 aromatic heterocycles. The molecule has 0 aromatic carbocycles. The SMILES string of the molecule is CCCCCCCCCCCCCC/C=C\CCCCCCCCCCCCCC(=O)NC(COC1OC(CO)C(OC2OC(CO)C(O)C(OC3(C(=O)O)CC(O)C(NC(C)=O)C(C(O)C(O)CO)O3)C2O)C(O)C1O)C(O)CCCCCCCCCCCCCCCCCCCCCCCCCC. The number of allylic oxidation sites excluding steroid dienone is 2. The van der Waals surface area contributed by atoms with Gasteiger partial charge in [-0.2, -0.15) is 0 Å². The van der Waals surface area contributed by atoms with Crippen molar-refractivity contribution >= 4 is 17.8 Å². The number of amides is 2. The minimum absolute atomic E-state index is 0.225. The van der Waals surface area contributed by atoms with E-state index in [1.807, 2.05) is 0 Å². The third-order valence-electron chi connectivity index (χ3n) is 21.7. The van der Waals surface area contributed by atoms with Crippen molar-refractivity contribution in [1.29, 1.82) is 0 Å². The summed E-state index contributed by atoms with van der Waals surface area (Å²) < 4.78 is 35.0. The Morgan fingerprint density at radius 2 is 0.886 bits per heavy atom. The molecule has 0 spiro atoms. The molecule has 23 heteroatoms. The molecule has 3 aliphatic heterocycles. The summed E-state index contributed by atoms with van der Waals surface area (Å²) in [5.74, 6) is -6.09. The van der Waals surface area contributed by atoms with E-state index in [1.165, 1.54) is 250 Å². The number of hydrogen-bond acceptors (Lipinski definition) is 20. The van der Waals surface area contributed by atoms with Crippen molar-refractivity contribution in [2.45, 2.75) is 464 Å². The highest BCUT2D eigenvalue weighted by molar-refractivity contribution is 5.77. The van der Waals surface area contributed by atoms with Crippen molar-refractivity contribution < 1.29 is 104 Å². The van der Waals surface area contributed by atoms with Gasteiger partial charge in [-0.25, -0.2) is 4.79 Å². The van der Waals surface area contributed by atoms with Gasteiger partial charge in [0.25, 0.3) is 5.79 Å². The van der Waals surface area contributed by atoms with E-state index in [2.05, 4.69) is 36.6 Å². The zero-order valence-corrected chi connectivity index (χ0v) is 65.6. The average molecular weight is 1500 g/mol. The van der Waals surface area contributed by atoms with Gasteiger partial charge in [-0.05, 0) is 38.5 Å². The summed E-state index contributed by atoms with van der Waals surface area (Å²) in [5.41, 5.74) is 0. The summed E-state index contributed by atoms with van der Waals surface area (Å²) in [6.45, 7) is 2.27. The Balaban J connectivity index is 1.49. The molecule has 3 saturated heterocycles. The van der Waals surface area contributed by atoms with Crippen LogP contribution in [0.15, 0.2) is 12.2 Å². The fraction of sp³-hybridized carbons (Fsp3) is 0.939. The van der Waals surface area contributed by atoms with Crippen LogP contribution in [-0.4, -0.2) is 215 Å². The van der Waals surface area contributed by atoms with Crippen molar-refractivity contribution in [2.75, 3.05) is 26.4 Å². The first-order valence-electron chi connectivity index (χ1n) is 42.5. The zero-order valence-electron chi connectivity index (χ0n) is 65.6. The molecule has 14 N–H and O–H groups in total. The number of carbonyl (C=O) groups is 3. The van der Waals surface area contributed by atoms with Crippen LogP contribution >= 0.6 is 0 Å². The van der Waals surface area contributed by atoms with Gasteiger partial charge in [0.15, 0.2) is 12.6 Å². The van der Waals surface area contributed by atoms with Gasteiger partial charge in [0, 0.05) is 19.8 Å². The second kappa shape index (κ2) is 61.1. The average Bonchev–Trinajstić information content (AvgIpc) is 0.755. The van der Waals surface area contributed by atoms with Gasteiger partial charge >= 0.3 is 5.97 Å². The molecule has 2 amide bonds. The van der Waals surface area contributed by atoms with Gasteiger partial charge in [-0.1, -0.05) is 309 Å². The lowest BCUT2D eigenvalue weighted by Crippen LogP contribution is -2.70. The van der Waals surface area contributed by atoms with Crippen molar-refractivity contribution in [1.82, 2.24) is 10.6 Å². The topological polar surface area (TPSA) is 373 Å². The fourth-order valence-corrected chi connectivity index (χ4v) is 15.0. The van der Waals surface area contributed by atoms with Crippen molar-refractivity contribution in [2.24, 2.45) is 0 Å². The highest BCUT2D eigenvalue weighted by Crippen LogP contribution is 2.39. The molecule has 3 heterocycles. The van der Waals surface area contributed by atoms with E-state index in [-0.39, 0.29) is 18.9 Å². The Kier molecular flexibility index (Phi) is 56.3. The first-order chi connectivity index (χ1) is 50.9. The van der Waals surface area contributed by atoms with Gasteiger partial charge in [0.2, 0.25) is 11.8 Å². The number of rotatable bonds is 68. The molecule has 0 aromatic rings. The molecule has 0 saturated carbocycles. The highest BCUT2D eigenvalue weighted by Gasteiger charge is 2.60. The van der Waals surface area contributed by atoms with E-state index < -0.39 is 148 Å². The largest absolute Gasteiger partial charge is 0.477 e. The molecule has 3 aliphatic rings.